The van der Waals surface area contributed by atoms with Crippen LogP contribution in [0.2, 0.25) is 0 Å². The van der Waals surface area contributed by atoms with Gasteiger partial charge < -0.3 is 20.1 Å². The number of hydrogen-bond acceptors (Lipinski definition) is 4. The van der Waals surface area contributed by atoms with Gasteiger partial charge in [-0.1, -0.05) is 19.1 Å². The topological polar surface area (TPSA) is 44.7 Å². The van der Waals surface area contributed by atoms with E-state index in [1.165, 1.54) is 11.3 Å². The molecule has 1 unspecified atom stereocenters. The molecule has 1 aromatic rings. The number of rotatable bonds is 7. The Hall–Kier alpha value is -1.10. The van der Waals surface area contributed by atoms with E-state index in [0.29, 0.717) is 18.8 Å². The number of aliphatic hydroxyl groups excluding tert-OH is 1. The van der Waals surface area contributed by atoms with E-state index < -0.39 is 0 Å². The van der Waals surface area contributed by atoms with Crippen LogP contribution in [0.15, 0.2) is 24.3 Å². The molecule has 2 N–H and O–H groups in total. The molecule has 1 aliphatic heterocycles. The molecule has 1 atom stereocenters. The molecule has 1 saturated heterocycles. The van der Waals surface area contributed by atoms with E-state index in [-0.39, 0.29) is 6.61 Å². The minimum absolute atomic E-state index is 0.117. The van der Waals surface area contributed by atoms with Gasteiger partial charge in [-0.05, 0) is 44.0 Å². The minimum Gasteiger partial charge on any atom is -0.394 e. The fourth-order valence-corrected chi connectivity index (χ4v) is 2.90. The first kappa shape index (κ1) is 16.3. The third-order valence-corrected chi connectivity index (χ3v) is 4.16. The van der Waals surface area contributed by atoms with Crippen molar-refractivity contribution in [1.82, 2.24) is 5.32 Å². The van der Waals surface area contributed by atoms with Gasteiger partial charge in [0.25, 0.3) is 0 Å². The van der Waals surface area contributed by atoms with E-state index in [1.54, 1.807) is 0 Å². The summed E-state index contributed by atoms with van der Waals surface area (Å²) in [5.41, 5.74) is 2.63. The lowest BCUT2D eigenvalue weighted by Crippen LogP contribution is -2.37. The average molecular weight is 292 g/mol. The van der Waals surface area contributed by atoms with E-state index in [4.69, 9.17) is 9.84 Å². The molecule has 4 nitrogen and oxygen atoms in total. The van der Waals surface area contributed by atoms with E-state index in [9.17, 15) is 0 Å². The monoisotopic (exact) mass is 292 g/mol. The van der Waals surface area contributed by atoms with Crippen molar-refractivity contribution in [2.75, 3.05) is 37.7 Å². The Labute approximate surface area is 128 Å². The Kier molecular flexibility index (Phi) is 6.49. The SMILES string of the molecule is CCNC(C)c1ccc(N2CCC(OCCO)CC2)cc1. The van der Waals surface area contributed by atoms with E-state index in [1.807, 2.05) is 0 Å². The van der Waals surface area contributed by atoms with Crippen molar-refractivity contribution in [3.63, 3.8) is 0 Å². The molecule has 0 bridgehead atoms. The number of benzene rings is 1. The predicted molar refractivity (Wildman–Crippen MR) is 86.8 cm³/mol. The fraction of sp³-hybridized carbons (Fsp3) is 0.647. The highest BCUT2D eigenvalue weighted by molar-refractivity contribution is 5.48. The summed E-state index contributed by atoms with van der Waals surface area (Å²) < 4.78 is 5.61. The third-order valence-electron chi connectivity index (χ3n) is 4.16. The quantitative estimate of drug-likeness (QED) is 0.809. The normalized spacial score (nSPS) is 18.0. The van der Waals surface area contributed by atoms with Crippen LogP contribution in [0.3, 0.4) is 0 Å². The first-order valence-corrected chi connectivity index (χ1v) is 8.05. The molecular formula is C17H28N2O2. The van der Waals surface area contributed by atoms with Crippen LogP contribution in [0.25, 0.3) is 0 Å². The van der Waals surface area contributed by atoms with Gasteiger partial charge in [0.1, 0.15) is 0 Å². The maximum absolute atomic E-state index is 8.80. The number of aliphatic hydroxyl groups is 1. The summed E-state index contributed by atoms with van der Waals surface area (Å²) in [7, 11) is 0. The highest BCUT2D eigenvalue weighted by atomic mass is 16.5. The van der Waals surface area contributed by atoms with Gasteiger partial charge in [-0.2, -0.15) is 0 Å². The Morgan fingerprint density at radius 3 is 2.52 bits per heavy atom. The summed E-state index contributed by atoms with van der Waals surface area (Å²) in [5.74, 6) is 0. The summed E-state index contributed by atoms with van der Waals surface area (Å²) in [5, 5.41) is 12.2. The van der Waals surface area contributed by atoms with Crippen LogP contribution in [0.1, 0.15) is 38.3 Å². The standard InChI is InChI=1S/C17H28N2O2/c1-3-18-14(2)15-4-6-16(7-5-15)19-10-8-17(9-11-19)21-13-12-20/h4-7,14,17-18,20H,3,8-13H2,1-2H3. The average Bonchev–Trinajstić information content (AvgIpc) is 2.54. The molecule has 1 fully saturated rings. The summed E-state index contributed by atoms with van der Waals surface area (Å²) in [6.45, 7) is 7.95. The van der Waals surface area contributed by atoms with Crippen LogP contribution in [-0.2, 0) is 4.74 Å². The predicted octanol–water partition coefficient (Wildman–Crippen LogP) is 2.33. The summed E-state index contributed by atoms with van der Waals surface area (Å²) in [4.78, 5) is 2.42. The zero-order chi connectivity index (χ0) is 15.1. The van der Waals surface area contributed by atoms with Gasteiger partial charge in [-0.15, -0.1) is 0 Å². The van der Waals surface area contributed by atoms with Gasteiger partial charge in [0.15, 0.2) is 0 Å². The highest BCUT2D eigenvalue weighted by Crippen LogP contribution is 2.23. The van der Waals surface area contributed by atoms with E-state index in [0.717, 1.165) is 32.5 Å². The lowest BCUT2D eigenvalue weighted by Gasteiger charge is -2.33. The minimum atomic E-state index is 0.117. The van der Waals surface area contributed by atoms with Crippen LogP contribution >= 0.6 is 0 Å². The smallest absolute Gasteiger partial charge is 0.0701 e. The van der Waals surface area contributed by atoms with Crippen LogP contribution < -0.4 is 10.2 Å². The number of ether oxygens (including phenoxy) is 1. The van der Waals surface area contributed by atoms with Crippen molar-refractivity contribution >= 4 is 5.69 Å². The largest absolute Gasteiger partial charge is 0.394 e. The lowest BCUT2D eigenvalue weighted by atomic mass is 10.0. The number of nitrogens with one attached hydrogen (secondary N) is 1. The van der Waals surface area contributed by atoms with Gasteiger partial charge in [-0.3, -0.25) is 0 Å². The van der Waals surface area contributed by atoms with Crippen LogP contribution in [0.5, 0.6) is 0 Å². The fourth-order valence-electron chi connectivity index (χ4n) is 2.90. The van der Waals surface area contributed by atoms with Crippen molar-refractivity contribution in [3.05, 3.63) is 29.8 Å². The summed E-state index contributed by atoms with van der Waals surface area (Å²) >= 11 is 0. The number of hydrogen-bond donors (Lipinski definition) is 2. The van der Waals surface area contributed by atoms with Gasteiger partial charge in [0.2, 0.25) is 0 Å². The second-order valence-electron chi connectivity index (χ2n) is 5.65. The molecule has 0 amide bonds. The first-order chi connectivity index (χ1) is 10.2. The molecule has 0 saturated carbocycles. The number of anilines is 1. The summed E-state index contributed by atoms with van der Waals surface area (Å²) in [6.07, 6.45) is 2.38. The van der Waals surface area contributed by atoms with Crippen molar-refractivity contribution in [3.8, 4) is 0 Å². The number of piperidine rings is 1. The van der Waals surface area contributed by atoms with E-state index >= 15 is 0 Å². The molecule has 1 aliphatic rings. The molecule has 0 aromatic heterocycles. The molecule has 2 rings (SSSR count). The number of nitrogens with zero attached hydrogens (tertiary/aromatic N) is 1. The first-order valence-electron chi connectivity index (χ1n) is 8.05. The molecule has 4 heteroatoms. The molecule has 0 aliphatic carbocycles. The zero-order valence-corrected chi connectivity index (χ0v) is 13.2. The molecule has 1 heterocycles. The summed E-state index contributed by atoms with van der Waals surface area (Å²) in [6, 6.07) is 9.28. The Balaban J connectivity index is 1.86. The zero-order valence-electron chi connectivity index (χ0n) is 13.2. The molecule has 0 radical (unpaired) electrons. The van der Waals surface area contributed by atoms with Gasteiger partial charge >= 0.3 is 0 Å². The second-order valence-corrected chi connectivity index (χ2v) is 5.65. The van der Waals surface area contributed by atoms with Gasteiger partial charge in [0.05, 0.1) is 19.3 Å². The van der Waals surface area contributed by atoms with Gasteiger partial charge in [0, 0.05) is 24.8 Å². The molecule has 0 spiro atoms. The maximum Gasteiger partial charge on any atom is 0.0701 e. The van der Waals surface area contributed by atoms with Crippen molar-refractivity contribution in [2.45, 2.75) is 38.8 Å². The van der Waals surface area contributed by atoms with Crippen LogP contribution in [-0.4, -0.2) is 44.1 Å². The third kappa shape index (κ3) is 4.70. The van der Waals surface area contributed by atoms with Crippen molar-refractivity contribution in [2.24, 2.45) is 0 Å². The lowest BCUT2D eigenvalue weighted by molar-refractivity contribution is 0.0159. The van der Waals surface area contributed by atoms with Gasteiger partial charge in [-0.25, -0.2) is 0 Å². The Morgan fingerprint density at radius 1 is 1.29 bits per heavy atom. The molecular weight excluding hydrogens is 264 g/mol. The maximum atomic E-state index is 8.80. The second kappa shape index (κ2) is 8.37. The Morgan fingerprint density at radius 2 is 1.95 bits per heavy atom. The molecule has 1 aromatic carbocycles. The molecule has 21 heavy (non-hydrogen) atoms. The molecule has 118 valence electrons. The Bertz CT molecular complexity index is 400. The van der Waals surface area contributed by atoms with Crippen LogP contribution in [0.4, 0.5) is 5.69 Å². The van der Waals surface area contributed by atoms with Crippen LogP contribution in [0, 0.1) is 0 Å². The highest BCUT2D eigenvalue weighted by Gasteiger charge is 2.19. The van der Waals surface area contributed by atoms with Crippen molar-refractivity contribution in [1.29, 1.82) is 0 Å². The van der Waals surface area contributed by atoms with Crippen molar-refractivity contribution < 1.29 is 9.84 Å². The van der Waals surface area contributed by atoms with E-state index in [2.05, 4.69) is 48.3 Å².